The molecule has 0 unspecified atom stereocenters. The predicted molar refractivity (Wildman–Crippen MR) is 26.6 cm³/mol. The van der Waals surface area contributed by atoms with Crippen LogP contribution in [0.1, 0.15) is 1.43 Å². The Hall–Kier alpha value is 0.980. The third kappa shape index (κ3) is 10.9. The summed E-state index contributed by atoms with van der Waals surface area (Å²) in [6, 6.07) is 0. The standard InChI is InChI=1S/C3H6O2S.Na.H/c1-5-6-3-2-4;;/h2H,3H2,1H3;;/q;+1;-1. The Labute approximate surface area is 71.0 Å². The second-order valence-electron chi connectivity index (χ2n) is 0.618. The van der Waals surface area contributed by atoms with Crippen molar-refractivity contribution < 1.29 is 40.0 Å². The predicted octanol–water partition coefficient (Wildman–Crippen LogP) is -2.40. The van der Waals surface area contributed by atoms with Gasteiger partial charge in [0.2, 0.25) is 0 Å². The SMILES string of the molecule is COSCC=O.[H-].[Na+]. The molecule has 0 saturated heterocycles. The largest absolute Gasteiger partial charge is 1.00 e. The molecule has 0 atom stereocenters. The van der Waals surface area contributed by atoms with Crippen LogP contribution < -0.4 is 29.6 Å². The molecular weight excluding hydrogens is 123 g/mol. The average Bonchev–Trinajstić information content (AvgIpc) is 1.61. The molecule has 0 radical (unpaired) electrons. The van der Waals surface area contributed by atoms with Crippen molar-refractivity contribution in [3.63, 3.8) is 0 Å². The van der Waals surface area contributed by atoms with E-state index in [1.165, 1.54) is 7.11 Å². The third-order valence-corrected chi connectivity index (χ3v) is 0.762. The van der Waals surface area contributed by atoms with Crippen LogP contribution in [0.3, 0.4) is 0 Å². The van der Waals surface area contributed by atoms with Crippen molar-refractivity contribution in [2.24, 2.45) is 0 Å². The molecule has 0 saturated carbocycles. The van der Waals surface area contributed by atoms with E-state index in [0.717, 1.165) is 18.3 Å². The molecule has 0 aliphatic rings. The Morgan fingerprint density at radius 3 is 2.71 bits per heavy atom. The van der Waals surface area contributed by atoms with Crippen LogP contribution in [0, 0.1) is 0 Å². The summed E-state index contributed by atoms with van der Waals surface area (Å²) >= 11 is 1.14. The summed E-state index contributed by atoms with van der Waals surface area (Å²) in [5.74, 6) is 0.427. The number of carbonyl (C=O) groups excluding carboxylic acids is 1. The van der Waals surface area contributed by atoms with Crippen LogP contribution in [-0.4, -0.2) is 19.1 Å². The van der Waals surface area contributed by atoms with Crippen LogP contribution in [0.4, 0.5) is 0 Å². The first-order chi connectivity index (χ1) is 2.91. The van der Waals surface area contributed by atoms with Gasteiger partial charge in [0.15, 0.2) is 0 Å². The van der Waals surface area contributed by atoms with E-state index in [-0.39, 0.29) is 31.0 Å². The van der Waals surface area contributed by atoms with E-state index in [4.69, 9.17) is 0 Å². The molecule has 0 rings (SSSR count). The summed E-state index contributed by atoms with van der Waals surface area (Å²) in [6.07, 6.45) is 0.800. The summed E-state index contributed by atoms with van der Waals surface area (Å²) in [6.45, 7) is 0. The molecule has 0 heterocycles. The van der Waals surface area contributed by atoms with Crippen molar-refractivity contribution in [1.29, 1.82) is 0 Å². The number of hydrogen-bond donors (Lipinski definition) is 0. The summed E-state index contributed by atoms with van der Waals surface area (Å²) in [7, 11) is 1.54. The van der Waals surface area contributed by atoms with Crippen molar-refractivity contribution in [2.75, 3.05) is 12.9 Å². The van der Waals surface area contributed by atoms with Gasteiger partial charge in [0.25, 0.3) is 0 Å². The van der Waals surface area contributed by atoms with Gasteiger partial charge in [0, 0.05) is 0 Å². The number of carbonyl (C=O) groups is 1. The normalized spacial score (nSPS) is 7.00. The van der Waals surface area contributed by atoms with E-state index in [9.17, 15) is 4.79 Å². The first kappa shape index (κ1) is 10.9. The quantitative estimate of drug-likeness (QED) is 0.184. The molecule has 0 aromatic rings. The second kappa shape index (κ2) is 10.1. The summed E-state index contributed by atoms with van der Waals surface area (Å²) in [5, 5.41) is 0. The van der Waals surface area contributed by atoms with E-state index >= 15 is 0 Å². The van der Waals surface area contributed by atoms with Gasteiger partial charge < -0.3 is 10.4 Å². The minimum Gasteiger partial charge on any atom is -1.00 e. The summed E-state index contributed by atoms with van der Waals surface area (Å²) in [5.41, 5.74) is 0. The van der Waals surface area contributed by atoms with E-state index in [2.05, 4.69) is 4.18 Å². The molecule has 0 N–H and O–H groups in total. The van der Waals surface area contributed by atoms with Crippen LogP contribution in [0.15, 0.2) is 0 Å². The zero-order valence-corrected chi connectivity index (χ0v) is 7.33. The fourth-order valence-electron chi connectivity index (χ4n) is 0.0958. The van der Waals surface area contributed by atoms with E-state index in [1.807, 2.05) is 0 Å². The first-order valence-electron chi connectivity index (χ1n) is 1.51. The van der Waals surface area contributed by atoms with Gasteiger partial charge in [-0.1, -0.05) is 0 Å². The Morgan fingerprint density at radius 2 is 2.57 bits per heavy atom. The van der Waals surface area contributed by atoms with Gasteiger partial charge in [-0.25, -0.2) is 0 Å². The van der Waals surface area contributed by atoms with Crippen LogP contribution in [0.2, 0.25) is 0 Å². The second-order valence-corrected chi connectivity index (χ2v) is 1.52. The van der Waals surface area contributed by atoms with Gasteiger partial charge in [-0.3, -0.25) is 0 Å². The minimum atomic E-state index is 0. The average molecular weight is 130 g/mol. The molecule has 0 aliphatic heterocycles. The van der Waals surface area contributed by atoms with Crippen molar-refractivity contribution in [1.82, 2.24) is 0 Å². The van der Waals surface area contributed by atoms with Gasteiger partial charge in [-0.05, 0) is 12.0 Å². The van der Waals surface area contributed by atoms with Gasteiger partial charge in [0.1, 0.15) is 6.29 Å². The molecule has 0 bridgehead atoms. The van der Waals surface area contributed by atoms with Gasteiger partial charge in [-0.15, -0.1) is 0 Å². The molecule has 0 aromatic carbocycles. The maximum atomic E-state index is 9.46. The molecule has 0 aromatic heterocycles. The van der Waals surface area contributed by atoms with Crippen molar-refractivity contribution in [3.05, 3.63) is 0 Å². The minimum absolute atomic E-state index is 0. The van der Waals surface area contributed by atoms with Crippen LogP contribution in [0.25, 0.3) is 0 Å². The molecule has 0 spiro atoms. The molecule has 7 heavy (non-hydrogen) atoms. The number of aldehydes is 1. The zero-order chi connectivity index (χ0) is 4.83. The van der Waals surface area contributed by atoms with E-state index in [0.29, 0.717) is 5.75 Å². The summed E-state index contributed by atoms with van der Waals surface area (Å²) in [4.78, 5) is 9.46. The molecule has 2 nitrogen and oxygen atoms in total. The zero-order valence-electron chi connectivity index (χ0n) is 5.51. The van der Waals surface area contributed by atoms with Crippen molar-refractivity contribution in [3.8, 4) is 0 Å². The van der Waals surface area contributed by atoms with E-state index < -0.39 is 0 Å². The monoisotopic (exact) mass is 130 g/mol. The fraction of sp³-hybridized carbons (Fsp3) is 0.667. The molecular formula is C3H7NaO2S. The topological polar surface area (TPSA) is 26.3 Å². The Bertz CT molecular complexity index is 46.3. The Morgan fingerprint density at radius 1 is 2.00 bits per heavy atom. The molecule has 38 valence electrons. The third-order valence-electron chi connectivity index (χ3n) is 0.254. The maximum Gasteiger partial charge on any atom is 1.00 e. The molecule has 0 amide bonds. The smallest absolute Gasteiger partial charge is 1.00 e. The number of rotatable bonds is 3. The van der Waals surface area contributed by atoms with Crippen LogP contribution >= 0.6 is 12.0 Å². The van der Waals surface area contributed by atoms with Gasteiger partial charge >= 0.3 is 29.6 Å². The molecule has 0 aliphatic carbocycles. The number of hydrogen-bond acceptors (Lipinski definition) is 3. The van der Waals surface area contributed by atoms with Gasteiger partial charge in [-0.2, -0.15) is 0 Å². The van der Waals surface area contributed by atoms with Gasteiger partial charge in [0.05, 0.1) is 12.9 Å². The Balaban J connectivity index is -0.000000125. The fourth-order valence-corrected chi connectivity index (χ4v) is 0.287. The van der Waals surface area contributed by atoms with Crippen LogP contribution in [0.5, 0.6) is 0 Å². The van der Waals surface area contributed by atoms with Crippen LogP contribution in [-0.2, 0) is 8.98 Å². The molecule has 0 fully saturated rings. The summed E-state index contributed by atoms with van der Waals surface area (Å²) < 4.78 is 4.47. The first-order valence-corrected chi connectivity index (χ1v) is 2.42. The van der Waals surface area contributed by atoms with Crippen molar-refractivity contribution >= 4 is 18.3 Å². The maximum absolute atomic E-state index is 9.46. The molecule has 4 heteroatoms. The van der Waals surface area contributed by atoms with E-state index in [1.54, 1.807) is 0 Å². The van der Waals surface area contributed by atoms with Crippen molar-refractivity contribution in [2.45, 2.75) is 0 Å². The Kier molecular flexibility index (Phi) is 15.6.